The summed E-state index contributed by atoms with van der Waals surface area (Å²) >= 11 is 0. The Morgan fingerprint density at radius 1 is 1.17 bits per heavy atom. The van der Waals surface area contributed by atoms with E-state index in [0.717, 1.165) is 0 Å². The van der Waals surface area contributed by atoms with Gasteiger partial charge in [0.15, 0.2) is 6.29 Å². The molecular formula is C6H12O6. The first-order valence-corrected chi connectivity index (χ1v) is 3.56. The highest BCUT2D eigenvalue weighted by Gasteiger charge is 2.44. The summed E-state index contributed by atoms with van der Waals surface area (Å²) in [6.07, 6.45) is -6.75. The second-order valence-corrected chi connectivity index (χ2v) is 2.72. The molecule has 6 nitrogen and oxygen atoms in total. The van der Waals surface area contributed by atoms with E-state index in [1.807, 2.05) is 0 Å². The minimum absolute atomic E-state index is 0.596. The molecule has 5 N–H and O–H groups in total. The predicted octanol–water partition coefficient (Wildman–Crippen LogP) is -3.22. The molecule has 0 aromatic heterocycles. The number of ether oxygens (including phenoxy) is 1. The van der Waals surface area contributed by atoms with Crippen molar-refractivity contribution in [3.05, 3.63) is 0 Å². The zero-order valence-electron chi connectivity index (χ0n) is 6.24. The molecule has 6 heteroatoms. The van der Waals surface area contributed by atoms with Gasteiger partial charge < -0.3 is 30.3 Å². The molecule has 72 valence electrons. The lowest BCUT2D eigenvalue weighted by atomic mass is 10.1. The van der Waals surface area contributed by atoms with Gasteiger partial charge in [-0.2, -0.15) is 0 Å². The molecule has 1 heterocycles. The molecule has 0 bridgehead atoms. The molecule has 0 radical (unpaired) electrons. The maximum absolute atomic E-state index is 9.12. The molecule has 1 rings (SSSR count). The maximum Gasteiger partial charge on any atom is 0.184 e. The summed E-state index contributed by atoms with van der Waals surface area (Å²) < 4.78 is 4.58. The Bertz CT molecular complexity index is 151. The quantitative estimate of drug-likeness (QED) is 0.306. The Kier molecular flexibility index (Phi) is 2.99. The Labute approximate surface area is 68.6 Å². The van der Waals surface area contributed by atoms with E-state index in [1.165, 1.54) is 0 Å². The summed E-state index contributed by atoms with van der Waals surface area (Å²) in [5.41, 5.74) is 0. The van der Waals surface area contributed by atoms with Crippen molar-refractivity contribution in [3.63, 3.8) is 0 Å². The van der Waals surface area contributed by atoms with E-state index < -0.39 is 37.3 Å². The molecule has 0 aromatic rings. The first kappa shape index (κ1) is 9.85. The van der Waals surface area contributed by atoms with Gasteiger partial charge >= 0.3 is 0 Å². The molecule has 12 heavy (non-hydrogen) atoms. The van der Waals surface area contributed by atoms with Crippen molar-refractivity contribution in [1.29, 1.82) is 0 Å². The highest BCUT2D eigenvalue weighted by atomic mass is 16.6. The average molecular weight is 180 g/mol. The molecule has 0 aliphatic carbocycles. The number of hydrogen-bond acceptors (Lipinski definition) is 6. The van der Waals surface area contributed by atoms with Gasteiger partial charge in [0.1, 0.15) is 24.4 Å². The van der Waals surface area contributed by atoms with Crippen molar-refractivity contribution < 1.29 is 30.3 Å². The lowest BCUT2D eigenvalue weighted by Gasteiger charge is -2.18. The third-order valence-corrected chi connectivity index (χ3v) is 1.84. The SMILES string of the molecule is OC[C@@H](O)[C@H]1O[C@H](O)[C@H](O)[C@H]1O. The molecule has 0 amide bonds. The van der Waals surface area contributed by atoms with E-state index in [0.29, 0.717) is 0 Å². The van der Waals surface area contributed by atoms with Gasteiger partial charge in [-0.3, -0.25) is 0 Å². The van der Waals surface area contributed by atoms with Crippen LogP contribution in [0.25, 0.3) is 0 Å². The molecule has 1 fully saturated rings. The van der Waals surface area contributed by atoms with Gasteiger partial charge in [-0.05, 0) is 0 Å². The van der Waals surface area contributed by atoms with Crippen LogP contribution in [0.3, 0.4) is 0 Å². The molecule has 0 saturated carbocycles. The monoisotopic (exact) mass is 180 g/mol. The molecule has 1 saturated heterocycles. The van der Waals surface area contributed by atoms with E-state index >= 15 is 0 Å². The molecule has 5 atom stereocenters. The number of hydrogen-bond donors (Lipinski definition) is 5. The predicted molar refractivity (Wildman–Crippen MR) is 36.0 cm³/mol. The highest BCUT2D eigenvalue weighted by molar-refractivity contribution is 4.89. The van der Waals surface area contributed by atoms with Gasteiger partial charge in [-0.15, -0.1) is 0 Å². The number of rotatable bonds is 2. The maximum atomic E-state index is 9.12. The van der Waals surface area contributed by atoms with E-state index in [4.69, 9.17) is 25.5 Å². The van der Waals surface area contributed by atoms with Gasteiger partial charge in [-0.25, -0.2) is 0 Å². The summed E-state index contributed by atoms with van der Waals surface area (Å²) in [5.74, 6) is 0. The third-order valence-electron chi connectivity index (χ3n) is 1.84. The zero-order chi connectivity index (χ0) is 9.30. The molecule has 1 aliphatic rings. The van der Waals surface area contributed by atoms with Gasteiger partial charge in [0.05, 0.1) is 6.61 Å². The summed E-state index contributed by atoms with van der Waals surface area (Å²) in [6.45, 7) is -0.596. The van der Waals surface area contributed by atoms with Crippen LogP contribution >= 0.6 is 0 Å². The van der Waals surface area contributed by atoms with Crippen LogP contribution in [0.15, 0.2) is 0 Å². The highest BCUT2D eigenvalue weighted by Crippen LogP contribution is 2.21. The van der Waals surface area contributed by atoms with Gasteiger partial charge in [0.25, 0.3) is 0 Å². The molecule has 0 spiro atoms. The van der Waals surface area contributed by atoms with Crippen molar-refractivity contribution in [2.24, 2.45) is 0 Å². The second-order valence-electron chi connectivity index (χ2n) is 2.72. The smallest absolute Gasteiger partial charge is 0.184 e. The lowest BCUT2D eigenvalue weighted by Crippen LogP contribution is -2.40. The van der Waals surface area contributed by atoms with E-state index in [2.05, 4.69) is 4.74 Å². The Hall–Kier alpha value is -0.240. The topological polar surface area (TPSA) is 110 Å². The second kappa shape index (κ2) is 3.65. The van der Waals surface area contributed by atoms with Crippen LogP contribution in [0.5, 0.6) is 0 Å². The summed E-state index contributed by atoms with van der Waals surface area (Å²) in [6, 6.07) is 0. The minimum atomic E-state index is -1.51. The van der Waals surface area contributed by atoms with Gasteiger partial charge in [0.2, 0.25) is 0 Å². The lowest BCUT2D eigenvalue weighted by molar-refractivity contribution is -0.150. The van der Waals surface area contributed by atoms with Crippen molar-refractivity contribution in [2.75, 3.05) is 6.61 Å². The van der Waals surface area contributed by atoms with Crippen molar-refractivity contribution >= 4 is 0 Å². The van der Waals surface area contributed by atoms with Crippen LogP contribution < -0.4 is 0 Å². The van der Waals surface area contributed by atoms with E-state index in [9.17, 15) is 0 Å². The van der Waals surface area contributed by atoms with Crippen LogP contribution in [0, 0.1) is 0 Å². The summed E-state index contributed by atoms with van der Waals surface area (Å²) in [7, 11) is 0. The van der Waals surface area contributed by atoms with Crippen LogP contribution in [0.4, 0.5) is 0 Å². The summed E-state index contributed by atoms with van der Waals surface area (Å²) in [5, 5.41) is 44.4. The van der Waals surface area contributed by atoms with Crippen LogP contribution in [0.1, 0.15) is 0 Å². The largest absolute Gasteiger partial charge is 0.394 e. The minimum Gasteiger partial charge on any atom is -0.394 e. The number of aliphatic hydroxyl groups is 5. The molecule has 1 aliphatic heterocycles. The van der Waals surface area contributed by atoms with E-state index in [1.54, 1.807) is 0 Å². The Morgan fingerprint density at radius 2 is 1.75 bits per heavy atom. The average Bonchev–Trinajstić information content (AvgIpc) is 2.32. The van der Waals surface area contributed by atoms with Crippen LogP contribution in [0.2, 0.25) is 0 Å². The number of aliphatic hydroxyl groups excluding tert-OH is 5. The summed E-state index contributed by atoms with van der Waals surface area (Å²) in [4.78, 5) is 0. The molecular weight excluding hydrogens is 168 g/mol. The van der Waals surface area contributed by atoms with Crippen LogP contribution in [-0.2, 0) is 4.74 Å². The van der Waals surface area contributed by atoms with Gasteiger partial charge in [0, 0.05) is 0 Å². The van der Waals surface area contributed by atoms with Crippen molar-refractivity contribution in [1.82, 2.24) is 0 Å². The molecule has 0 unspecified atom stereocenters. The standard InChI is InChI=1S/C6H12O6/c7-1-2(8)5-3(9)4(10)6(11)12-5/h2-11H,1H2/t2-,3-,4-,5-,6+/m1/s1. The van der Waals surface area contributed by atoms with Crippen molar-refractivity contribution in [3.8, 4) is 0 Å². The third kappa shape index (κ3) is 1.58. The molecule has 0 aromatic carbocycles. The van der Waals surface area contributed by atoms with Crippen molar-refractivity contribution in [2.45, 2.75) is 30.7 Å². The Balaban J connectivity index is 2.58. The van der Waals surface area contributed by atoms with E-state index in [-0.39, 0.29) is 0 Å². The fraction of sp³-hybridized carbons (Fsp3) is 1.00. The first-order chi connectivity index (χ1) is 5.57. The fourth-order valence-electron chi connectivity index (χ4n) is 1.11. The zero-order valence-corrected chi connectivity index (χ0v) is 6.24. The van der Waals surface area contributed by atoms with Crippen LogP contribution in [-0.4, -0.2) is 62.8 Å². The fourth-order valence-corrected chi connectivity index (χ4v) is 1.11. The van der Waals surface area contributed by atoms with Gasteiger partial charge in [-0.1, -0.05) is 0 Å². The Morgan fingerprint density at radius 3 is 2.08 bits per heavy atom. The normalized spacial score (nSPS) is 44.8. The first-order valence-electron chi connectivity index (χ1n) is 3.56.